The highest BCUT2D eigenvalue weighted by molar-refractivity contribution is 5.94. The van der Waals surface area contributed by atoms with E-state index in [0.29, 0.717) is 24.9 Å². The van der Waals surface area contributed by atoms with Crippen molar-refractivity contribution in [2.75, 3.05) is 0 Å². The van der Waals surface area contributed by atoms with Gasteiger partial charge < -0.3 is 10.4 Å². The third kappa shape index (κ3) is 3.55. The summed E-state index contributed by atoms with van der Waals surface area (Å²) >= 11 is 0. The Morgan fingerprint density at radius 1 is 1.07 bits per heavy atom. The number of benzene rings is 2. The van der Waals surface area contributed by atoms with Crippen LogP contribution in [-0.4, -0.2) is 31.4 Å². The van der Waals surface area contributed by atoms with E-state index < -0.39 is 0 Å². The monoisotopic (exact) mass is 378 g/mol. The Morgan fingerprint density at radius 2 is 1.71 bits per heavy atom. The quantitative estimate of drug-likeness (QED) is 0.730. The zero-order valence-corrected chi connectivity index (χ0v) is 15.6. The van der Waals surface area contributed by atoms with Gasteiger partial charge in [-0.2, -0.15) is 5.10 Å². The predicted octanol–water partition coefficient (Wildman–Crippen LogP) is 2.09. The number of nitrogens with one attached hydrogen (secondary N) is 1. The number of aromatic nitrogens is 3. The van der Waals surface area contributed by atoms with E-state index in [4.69, 9.17) is 0 Å². The van der Waals surface area contributed by atoms with Gasteiger partial charge in [0.1, 0.15) is 11.6 Å². The lowest BCUT2D eigenvalue weighted by Crippen LogP contribution is -2.35. The molecule has 0 spiro atoms. The van der Waals surface area contributed by atoms with Gasteiger partial charge in [0.15, 0.2) is 0 Å². The topological polar surface area (TPSA) is 89.2 Å². The van der Waals surface area contributed by atoms with E-state index in [1.807, 2.05) is 24.3 Å². The number of fused-ring (bicyclic) bond motifs is 1. The van der Waals surface area contributed by atoms with Crippen LogP contribution in [-0.2, 0) is 20.0 Å². The molecule has 1 aliphatic heterocycles. The van der Waals surface area contributed by atoms with Gasteiger partial charge in [-0.25, -0.2) is 9.48 Å². The van der Waals surface area contributed by atoms with Gasteiger partial charge in [0.2, 0.25) is 0 Å². The Hall–Kier alpha value is -3.35. The number of hydrogen-bond acceptors (Lipinski definition) is 4. The summed E-state index contributed by atoms with van der Waals surface area (Å²) in [6.45, 7) is 0.562. The van der Waals surface area contributed by atoms with E-state index >= 15 is 0 Å². The van der Waals surface area contributed by atoms with Crippen molar-refractivity contribution < 1.29 is 9.90 Å². The number of phenolic OH excluding ortho intramolecular Hbond substituents is 1. The summed E-state index contributed by atoms with van der Waals surface area (Å²) in [5.41, 5.74) is 2.45. The fourth-order valence-corrected chi connectivity index (χ4v) is 3.58. The van der Waals surface area contributed by atoms with Crippen LogP contribution >= 0.6 is 0 Å². The van der Waals surface area contributed by atoms with Crippen LogP contribution in [0.4, 0.5) is 0 Å². The lowest BCUT2D eigenvalue weighted by atomic mass is 10.0. The molecule has 144 valence electrons. The van der Waals surface area contributed by atoms with Crippen LogP contribution in [0.3, 0.4) is 0 Å². The van der Waals surface area contributed by atoms with E-state index in [1.165, 1.54) is 4.68 Å². The Kier molecular flexibility index (Phi) is 4.73. The highest BCUT2D eigenvalue weighted by Crippen LogP contribution is 2.22. The van der Waals surface area contributed by atoms with Crippen molar-refractivity contribution in [3.05, 3.63) is 70.4 Å². The minimum atomic E-state index is -0.116. The molecule has 7 nitrogen and oxygen atoms in total. The maximum absolute atomic E-state index is 12.6. The maximum atomic E-state index is 12.6. The highest BCUT2D eigenvalue weighted by Gasteiger charge is 2.21. The Balaban J connectivity index is 1.41. The number of hydrogen-bond donors (Lipinski definition) is 2. The number of nitrogens with zero attached hydrogens (tertiary/aromatic N) is 3. The molecule has 0 fully saturated rings. The van der Waals surface area contributed by atoms with Gasteiger partial charge in [0, 0.05) is 31.6 Å². The molecule has 0 radical (unpaired) electrons. The largest absolute Gasteiger partial charge is 0.508 e. The van der Waals surface area contributed by atoms with E-state index in [-0.39, 0.29) is 23.4 Å². The molecule has 0 bridgehead atoms. The number of amides is 1. The Morgan fingerprint density at radius 3 is 2.39 bits per heavy atom. The molecule has 4 rings (SSSR count). The van der Waals surface area contributed by atoms with E-state index in [1.54, 1.807) is 35.9 Å². The SMILES string of the molecule is Cn1nc2n(c1=O)CCC(NC(=O)c1ccc(-c3ccc(O)cc3)cc1)CC2. The molecule has 1 amide bonds. The molecule has 0 saturated heterocycles. The summed E-state index contributed by atoms with van der Waals surface area (Å²) in [4.78, 5) is 24.7. The first kappa shape index (κ1) is 18.0. The van der Waals surface area contributed by atoms with Gasteiger partial charge >= 0.3 is 5.69 Å². The molecule has 0 aliphatic carbocycles. The van der Waals surface area contributed by atoms with Gasteiger partial charge in [-0.15, -0.1) is 0 Å². The smallest absolute Gasteiger partial charge is 0.345 e. The number of aromatic hydroxyl groups is 1. The van der Waals surface area contributed by atoms with Crippen molar-refractivity contribution in [1.29, 1.82) is 0 Å². The van der Waals surface area contributed by atoms with Crippen LogP contribution in [0, 0.1) is 0 Å². The van der Waals surface area contributed by atoms with Gasteiger partial charge in [-0.3, -0.25) is 9.36 Å². The Bertz CT molecular complexity index is 1050. The molecule has 0 saturated carbocycles. The number of carbonyl (C=O) groups excluding carboxylic acids is 1. The zero-order chi connectivity index (χ0) is 19.7. The van der Waals surface area contributed by atoms with E-state index in [0.717, 1.165) is 23.4 Å². The minimum absolute atomic E-state index is 0.00989. The standard InChI is InChI=1S/C21H22N4O3/c1-24-21(28)25-13-12-17(8-11-19(25)23-24)22-20(27)16-4-2-14(3-5-16)15-6-9-18(26)10-7-15/h2-7,9-10,17,26H,8,11-13H2,1H3,(H,22,27). The molecule has 1 aromatic heterocycles. The fraction of sp³-hybridized carbons (Fsp3) is 0.286. The number of carbonyl (C=O) groups is 1. The summed E-state index contributed by atoms with van der Waals surface area (Å²) in [6, 6.07) is 14.4. The average molecular weight is 378 g/mol. The van der Waals surface area contributed by atoms with Crippen molar-refractivity contribution in [2.24, 2.45) is 7.05 Å². The maximum Gasteiger partial charge on any atom is 0.345 e. The van der Waals surface area contributed by atoms with Crippen LogP contribution in [0.15, 0.2) is 53.3 Å². The molecule has 7 heteroatoms. The third-order valence-electron chi connectivity index (χ3n) is 5.19. The normalized spacial score (nSPS) is 16.2. The second-order valence-electron chi connectivity index (χ2n) is 7.10. The number of phenols is 1. The molecular formula is C21H22N4O3. The summed E-state index contributed by atoms with van der Waals surface area (Å²) < 4.78 is 3.06. The Labute approximate surface area is 162 Å². The first-order valence-corrected chi connectivity index (χ1v) is 9.34. The summed E-state index contributed by atoms with van der Waals surface area (Å²) in [6.07, 6.45) is 2.13. The van der Waals surface area contributed by atoms with Crippen molar-refractivity contribution in [1.82, 2.24) is 19.7 Å². The zero-order valence-electron chi connectivity index (χ0n) is 15.6. The van der Waals surface area contributed by atoms with Crippen LogP contribution in [0.25, 0.3) is 11.1 Å². The van der Waals surface area contributed by atoms with Crippen LogP contribution < -0.4 is 11.0 Å². The summed E-state index contributed by atoms with van der Waals surface area (Å²) in [7, 11) is 1.66. The predicted molar refractivity (Wildman–Crippen MR) is 105 cm³/mol. The molecule has 2 heterocycles. The number of aryl methyl sites for hydroxylation is 2. The second kappa shape index (κ2) is 7.34. The van der Waals surface area contributed by atoms with Gasteiger partial charge in [-0.1, -0.05) is 24.3 Å². The molecule has 1 atom stereocenters. The highest BCUT2D eigenvalue weighted by atomic mass is 16.3. The van der Waals surface area contributed by atoms with Crippen LogP contribution in [0.2, 0.25) is 0 Å². The summed E-state index contributed by atoms with van der Waals surface area (Å²) in [5.74, 6) is 0.889. The van der Waals surface area contributed by atoms with Crippen molar-refractivity contribution in [2.45, 2.75) is 31.8 Å². The summed E-state index contributed by atoms with van der Waals surface area (Å²) in [5, 5.41) is 16.7. The first-order chi connectivity index (χ1) is 13.5. The van der Waals surface area contributed by atoms with Gasteiger partial charge in [0.25, 0.3) is 5.91 Å². The van der Waals surface area contributed by atoms with Crippen LogP contribution in [0.1, 0.15) is 29.0 Å². The molecule has 2 aromatic carbocycles. The average Bonchev–Trinajstić information content (AvgIpc) is 2.85. The van der Waals surface area contributed by atoms with Gasteiger partial charge in [0.05, 0.1) is 0 Å². The lowest BCUT2D eigenvalue weighted by Gasteiger charge is -2.16. The van der Waals surface area contributed by atoms with Gasteiger partial charge in [-0.05, 0) is 48.2 Å². The second-order valence-corrected chi connectivity index (χ2v) is 7.10. The molecular weight excluding hydrogens is 356 g/mol. The first-order valence-electron chi connectivity index (χ1n) is 9.34. The molecule has 1 unspecified atom stereocenters. The van der Waals surface area contributed by atoms with Crippen molar-refractivity contribution in [3.8, 4) is 16.9 Å². The van der Waals surface area contributed by atoms with Crippen LogP contribution in [0.5, 0.6) is 5.75 Å². The molecule has 3 aromatic rings. The minimum Gasteiger partial charge on any atom is -0.508 e. The van der Waals surface area contributed by atoms with E-state index in [9.17, 15) is 14.7 Å². The molecule has 28 heavy (non-hydrogen) atoms. The lowest BCUT2D eigenvalue weighted by molar-refractivity contribution is 0.0933. The third-order valence-corrected chi connectivity index (χ3v) is 5.19. The molecule has 1 aliphatic rings. The van der Waals surface area contributed by atoms with Crippen molar-refractivity contribution in [3.63, 3.8) is 0 Å². The number of rotatable bonds is 3. The molecule has 2 N–H and O–H groups in total. The fourth-order valence-electron chi connectivity index (χ4n) is 3.58. The van der Waals surface area contributed by atoms with Crippen molar-refractivity contribution >= 4 is 5.91 Å². The van der Waals surface area contributed by atoms with E-state index in [2.05, 4.69) is 10.4 Å².